The molecule has 0 N–H and O–H groups in total. The minimum atomic E-state index is -0.668. The maximum absolute atomic E-state index is 14.0. The zero-order valence-corrected chi connectivity index (χ0v) is 23.6. The molecule has 6 rings (SSSR count). The van der Waals surface area contributed by atoms with E-state index in [4.69, 9.17) is 14.5 Å². The highest BCUT2D eigenvalue weighted by atomic mass is 32.1. The second kappa shape index (κ2) is 11.4. The van der Waals surface area contributed by atoms with Crippen LogP contribution < -0.4 is 19.6 Å². The molecule has 6 nitrogen and oxygen atoms in total. The molecule has 0 bridgehead atoms. The van der Waals surface area contributed by atoms with Gasteiger partial charge in [0.15, 0.2) is 4.80 Å². The number of aromatic nitrogens is 1. The maximum atomic E-state index is 14.0. The number of benzene rings is 4. The van der Waals surface area contributed by atoms with Gasteiger partial charge in [0.1, 0.15) is 12.4 Å². The predicted octanol–water partition coefficient (Wildman–Crippen LogP) is 5.53. The summed E-state index contributed by atoms with van der Waals surface area (Å²) in [7, 11) is 0. The Morgan fingerprint density at radius 2 is 1.73 bits per heavy atom. The monoisotopic (exact) mass is 560 g/mol. The smallest absolute Gasteiger partial charge is 0.338 e. The fourth-order valence-corrected chi connectivity index (χ4v) is 6.21. The first-order valence-electron chi connectivity index (χ1n) is 13.5. The van der Waals surface area contributed by atoms with Crippen molar-refractivity contribution >= 4 is 34.2 Å². The zero-order valence-electron chi connectivity index (χ0n) is 22.7. The number of fused-ring (bicyclic) bond motifs is 2. The molecule has 0 radical (unpaired) electrons. The van der Waals surface area contributed by atoms with Gasteiger partial charge in [-0.25, -0.2) is 9.79 Å². The minimum Gasteiger partial charge on any atom is -0.489 e. The number of carbonyl (C=O) groups excluding carboxylic acids is 1. The summed E-state index contributed by atoms with van der Waals surface area (Å²) in [5, 5.41) is 1.99. The zero-order chi connectivity index (χ0) is 28.3. The SMILES string of the molecule is CCOC(=O)C1=C(C)N=c2s/c(=C\c3cccc(OCc4ccccc4)c3)c(=O)n2[C@H]1c1cccc2ccccc12. The summed E-state index contributed by atoms with van der Waals surface area (Å²) in [6, 6.07) is 30.9. The average molecular weight is 561 g/mol. The molecular weight excluding hydrogens is 532 g/mol. The Hall–Kier alpha value is -4.75. The van der Waals surface area contributed by atoms with Gasteiger partial charge in [-0.3, -0.25) is 9.36 Å². The molecule has 0 aliphatic carbocycles. The normalized spacial score (nSPS) is 15.0. The van der Waals surface area contributed by atoms with Crippen LogP contribution in [0.3, 0.4) is 0 Å². The average Bonchev–Trinajstić information content (AvgIpc) is 3.29. The highest BCUT2D eigenvalue weighted by molar-refractivity contribution is 7.07. The molecule has 1 atom stereocenters. The first kappa shape index (κ1) is 26.5. The molecule has 5 aromatic rings. The van der Waals surface area contributed by atoms with E-state index < -0.39 is 12.0 Å². The summed E-state index contributed by atoms with van der Waals surface area (Å²) < 4.78 is 13.6. The van der Waals surface area contributed by atoms with Crippen LogP contribution in [0, 0.1) is 0 Å². The van der Waals surface area contributed by atoms with Crippen molar-refractivity contribution in [3.05, 3.63) is 145 Å². The molecule has 2 heterocycles. The van der Waals surface area contributed by atoms with Gasteiger partial charge in [0, 0.05) is 0 Å². The molecule has 0 saturated heterocycles. The van der Waals surface area contributed by atoms with Gasteiger partial charge in [-0.2, -0.15) is 0 Å². The van der Waals surface area contributed by atoms with Crippen LogP contribution in [0.25, 0.3) is 16.8 Å². The third-order valence-electron chi connectivity index (χ3n) is 7.04. The molecule has 0 saturated carbocycles. The van der Waals surface area contributed by atoms with Crippen LogP contribution in [-0.4, -0.2) is 17.1 Å². The van der Waals surface area contributed by atoms with Crippen LogP contribution in [0.5, 0.6) is 5.75 Å². The Morgan fingerprint density at radius 3 is 2.56 bits per heavy atom. The fourth-order valence-electron chi connectivity index (χ4n) is 5.16. The van der Waals surface area contributed by atoms with Crippen LogP contribution in [0.15, 0.2) is 118 Å². The Labute approximate surface area is 241 Å². The van der Waals surface area contributed by atoms with E-state index in [1.807, 2.05) is 103 Å². The topological polar surface area (TPSA) is 69.9 Å². The molecule has 1 aromatic heterocycles. The lowest BCUT2D eigenvalue weighted by Crippen LogP contribution is -2.40. The number of nitrogens with zero attached hydrogens (tertiary/aromatic N) is 2. The molecule has 1 aliphatic rings. The Morgan fingerprint density at radius 1 is 0.976 bits per heavy atom. The molecule has 0 amide bonds. The second-order valence-corrected chi connectivity index (χ2v) is 10.7. The molecule has 41 heavy (non-hydrogen) atoms. The van der Waals surface area contributed by atoms with E-state index in [9.17, 15) is 9.59 Å². The highest BCUT2D eigenvalue weighted by Gasteiger charge is 2.34. The molecule has 4 aromatic carbocycles. The van der Waals surface area contributed by atoms with Crippen molar-refractivity contribution in [2.75, 3.05) is 6.61 Å². The van der Waals surface area contributed by atoms with Crippen LogP contribution >= 0.6 is 11.3 Å². The molecule has 0 unspecified atom stereocenters. The Bertz CT molecular complexity index is 1970. The van der Waals surface area contributed by atoms with Gasteiger partial charge in [-0.05, 0) is 59.5 Å². The van der Waals surface area contributed by atoms with E-state index >= 15 is 0 Å². The maximum Gasteiger partial charge on any atom is 0.338 e. The predicted molar refractivity (Wildman–Crippen MR) is 162 cm³/mol. The van der Waals surface area contributed by atoms with Gasteiger partial charge in [0.2, 0.25) is 0 Å². The van der Waals surface area contributed by atoms with Crippen molar-refractivity contribution < 1.29 is 14.3 Å². The lowest BCUT2D eigenvalue weighted by Gasteiger charge is -2.25. The summed E-state index contributed by atoms with van der Waals surface area (Å²) in [6.45, 7) is 4.25. The van der Waals surface area contributed by atoms with Gasteiger partial charge in [0.25, 0.3) is 5.56 Å². The van der Waals surface area contributed by atoms with Crippen molar-refractivity contribution in [2.45, 2.75) is 26.5 Å². The Balaban J connectivity index is 1.46. The van der Waals surface area contributed by atoms with E-state index in [2.05, 4.69) is 0 Å². The number of esters is 1. The van der Waals surface area contributed by atoms with Crippen LogP contribution in [0.4, 0.5) is 0 Å². The van der Waals surface area contributed by atoms with Gasteiger partial charge in [0.05, 0.1) is 28.5 Å². The van der Waals surface area contributed by atoms with E-state index in [0.29, 0.717) is 33.0 Å². The summed E-state index contributed by atoms with van der Waals surface area (Å²) in [5.41, 5.74) is 3.47. The van der Waals surface area contributed by atoms with E-state index in [1.54, 1.807) is 18.4 Å². The van der Waals surface area contributed by atoms with Crippen molar-refractivity contribution in [3.8, 4) is 5.75 Å². The first-order chi connectivity index (χ1) is 20.0. The minimum absolute atomic E-state index is 0.211. The van der Waals surface area contributed by atoms with E-state index in [0.717, 1.165) is 27.5 Å². The third kappa shape index (κ3) is 5.24. The second-order valence-electron chi connectivity index (χ2n) is 9.72. The van der Waals surface area contributed by atoms with Gasteiger partial charge < -0.3 is 9.47 Å². The Kier molecular flexibility index (Phi) is 7.35. The first-order valence-corrected chi connectivity index (χ1v) is 14.3. The van der Waals surface area contributed by atoms with Gasteiger partial charge >= 0.3 is 5.97 Å². The van der Waals surface area contributed by atoms with Crippen molar-refractivity contribution in [3.63, 3.8) is 0 Å². The molecule has 1 aliphatic heterocycles. The molecule has 7 heteroatoms. The van der Waals surface area contributed by atoms with Crippen molar-refractivity contribution in [2.24, 2.45) is 4.99 Å². The van der Waals surface area contributed by atoms with Crippen LogP contribution in [0.2, 0.25) is 0 Å². The fraction of sp³-hybridized carbons (Fsp3) is 0.147. The van der Waals surface area contributed by atoms with Gasteiger partial charge in [-0.15, -0.1) is 0 Å². The molecule has 0 spiro atoms. The standard InChI is InChI=1S/C34H28N2O4S/c1-3-39-33(38)30-22(2)35-34-36(31(30)28-18-10-15-25-14-7-8-17-27(25)28)32(37)29(41-34)20-24-13-9-16-26(19-24)40-21-23-11-5-4-6-12-23/h4-20,31H,3,21H2,1-2H3/b29-20-/t31-/m0/s1. The summed E-state index contributed by atoms with van der Waals surface area (Å²) in [5.74, 6) is 0.244. The summed E-state index contributed by atoms with van der Waals surface area (Å²) >= 11 is 1.31. The quantitative estimate of drug-likeness (QED) is 0.246. The molecular formula is C34H28N2O4S. The van der Waals surface area contributed by atoms with Crippen LogP contribution in [0.1, 0.15) is 36.6 Å². The lowest BCUT2D eigenvalue weighted by atomic mass is 9.91. The molecule has 0 fully saturated rings. The van der Waals surface area contributed by atoms with Crippen molar-refractivity contribution in [1.82, 2.24) is 4.57 Å². The largest absolute Gasteiger partial charge is 0.489 e. The van der Waals surface area contributed by atoms with E-state index in [1.165, 1.54) is 11.3 Å². The van der Waals surface area contributed by atoms with E-state index in [-0.39, 0.29) is 12.2 Å². The highest BCUT2D eigenvalue weighted by Crippen LogP contribution is 2.34. The number of rotatable bonds is 7. The third-order valence-corrected chi connectivity index (χ3v) is 8.02. The summed E-state index contributed by atoms with van der Waals surface area (Å²) in [6.07, 6.45) is 1.85. The number of ether oxygens (including phenoxy) is 2. The number of carbonyl (C=O) groups is 1. The number of allylic oxidation sites excluding steroid dienone is 1. The van der Waals surface area contributed by atoms with Crippen LogP contribution in [-0.2, 0) is 16.1 Å². The lowest BCUT2D eigenvalue weighted by molar-refractivity contribution is -0.139. The van der Waals surface area contributed by atoms with Crippen molar-refractivity contribution in [1.29, 1.82) is 0 Å². The number of hydrogen-bond acceptors (Lipinski definition) is 6. The van der Waals surface area contributed by atoms with Gasteiger partial charge in [-0.1, -0.05) is 96.3 Å². The molecule has 204 valence electrons. The summed E-state index contributed by atoms with van der Waals surface area (Å²) in [4.78, 5) is 32.6. The number of thiazole rings is 1. The number of hydrogen-bond donors (Lipinski definition) is 0.